The molecule has 0 aliphatic rings. The van der Waals surface area contributed by atoms with E-state index in [9.17, 15) is 15.0 Å². The molecule has 5 nitrogen and oxygen atoms in total. The molecule has 120 valence electrons. The van der Waals surface area contributed by atoms with E-state index in [2.05, 4.69) is 0 Å². The van der Waals surface area contributed by atoms with Crippen molar-refractivity contribution in [2.45, 2.75) is 20.8 Å². The van der Waals surface area contributed by atoms with E-state index in [-0.39, 0.29) is 25.7 Å². The molecule has 0 radical (unpaired) electrons. The summed E-state index contributed by atoms with van der Waals surface area (Å²) in [5.74, 6) is 0.0613. The summed E-state index contributed by atoms with van der Waals surface area (Å²) in [6.45, 7) is 5.39. The van der Waals surface area contributed by atoms with Gasteiger partial charge in [0.15, 0.2) is 5.76 Å². The summed E-state index contributed by atoms with van der Waals surface area (Å²) in [5.41, 5.74) is 1.78. The zero-order valence-electron chi connectivity index (χ0n) is 13.5. The summed E-state index contributed by atoms with van der Waals surface area (Å²) >= 11 is 0. The van der Waals surface area contributed by atoms with E-state index in [1.54, 1.807) is 14.0 Å². The van der Waals surface area contributed by atoms with E-state index in [1.165, 1.54) is 4.90 Å². The lowest BCUT2D eigenvalue weighted by atomic mass is 9.92. The Labute approximate surface area is 130 Å². The maximum atomic E-state index is 12.6. The number of carbonyl (C=O) groups is 1. The number of aliphatic hydroxyl groups excluding tert-OH is 2. The number of hydrogen-bond acceptors (Lipinski definition) is 4. The number of benzene rings is 1. The quantitative estimate of drug-likeness (QED) is 0.887. The molecule has 22 heavy (non-hydrogen) atoms. The van der Waals surface area contributed by atoms with Gasteiger partial charge in [0.25, 0.3) is 5.91 Å². The molecule has 0 aliphatic carbocycles. The Hall–Kier alpha value is -1.85. The topological polar surface area (TPSA) is 73.9 Å². The fourth-order valence-electron chi connectivity index (χ4n) is 2.56. The van der Waals surface area contributed by atoms with Crippen molar-refractivity contribution in [1.82, 2.24) is 4.90 Å². The lowest BCUT2D eigenvalue weighted by Gasteiger charge is -2.30. The molecule has 2 N–H and O–H groups in total. The zero-order chi connectivity index (χ0) is 16.5. The average Bonchev–Trinajstić information content (AvgIpc) is 2.85. The van der Waals surface area contributed by atoms with Crippen LogP contribution in [0.25, 0.3) is 11.0 Å². The fraction of sp³-hybridized carbons (Fsp3) is 0.471. The lowest BCUT2D eigenvalue weighted by Crippen LogP contribution is -2.41. The van der Waals surface area contributed by atoms with Crippen LogP contribution in [0, 0.1) is 19.3 Å². The summed E-state index contributed by atoms with van der Waals surface area (Å²) in [6, 6.07) is 5.81. The normalized spacial score (nSPS) is 11.9. The van der Waals surface area contributed by atoms with Gasteiger partial charge in [-0.1, -0.05) is 25.1 Å². The van der Waals surface area contributed by atoms with Crippen molar-refractivity contribution >= 4 is 16.9 Å². The molecule has 5 heteroatoms. The van der Waals surface area contributed by atoms with Crippen LogP contribution in [0.3, 0.4) is 0 Å². The van der Waals surface area contributed by atoms with Crippen molar-refractivity contribution in [2.75, 3.05) is 26.8 Å². The maximum Gasteiger partial charge on any atom is 0.289 e. The molecule has 1 amide bonds. The van der Waals surface area contributed by atoms with Crippen molar-refractivity contribution in [1.29, 1.82) is 0 Å². The second-order valence-electron chi connectivity index (χ2n) is 6.30. The highest BCUT2D eigenvalue weighted by Gasteiger charge is 2.29. The number of para-hydroxylation sites is 1. The number of nitrogens with zero attached hydrogens (tertiary/aromatic N) is 1. The summed E-state index contributed by atoms with van der Waals surface area (Å²) in [4.78, 5) is 14.1. The summed E-state index contributed by atoms with van der Waals surface area (Å²) < 4.78 is 5.78. The molecule has 1 heterocycles. The second kappa shape index (κ2) is 6.10. The third kappa shape index (κ3) is 2.87. The molecule has 1 aromatic heterocycles. The molecule has 2 rings (SSSR count). The highest BCUT2D eigenvalue weighted by Crippen LogP contribution is 2.29. The number of fused-ring (bicyclic) bond motifs is 1. The molecule has 0 atom stereocenters. The molecule has 0 fully saturated rings. The van der Waals surface area contributed by atoms with Crippen molar-refractivity contribution in [3.05, 3.63) is 35.1 Å². The Kier molecular flexibility index (Phi) is 4.58. The van der Waals surface area contributed by atoms with E-state index < -0.39 is 5.41 Å². The first-order chi connectivity index (χ1) is 10.3. The highest BCUT2D eigenvalue weighted by molar-refractivity contribution is 5.99. The van der Waals surface area contributed by atoms with E-state index in [0.717, 1.165) is 22.1 Å². The van der Waals surface area contributed by atoms with Crippen molar-refractivity contribution in [2.24, 2.45) is 5.41 Å². The van der Waals surface area contributed by atoms with Gasteiger partial charge in [0.1, 0.15) is 5.58 Å². The molecule has 0 aliphatic heterocycles. The minimum Gasteiger partial charge on any atom is -0.450 e. The Morgan fingerprint density at radius 2 is 1.91 bits per heavy atom. The standard InChI is InChI=1S/C17H23NO4/c1-11-6-5-7-13-12(2)15(22-14(11)13)16(21)18(4)8-17(3,9-19)10-20/h5-7,19-20H,8-10H2,1-4H3. The van der Waals surface area contributed by atoms with Gasteiger partial charge in [-0.15, -0.1) is 0 Å². The molecule has 1 aromatic carbocycles. The number of hydrogen-bond donors (Lipinski definition) is 2. The van der Waals surface area contributed by atoms with Gasteiger partial charge in [-0.2, -0.15) is 0 Å². The van der Waals surface area contributed by atoms with Gasteiger partial charge in [-0.05, 0) is 19.4 Å². The molecular weight excluding hydrogens is 282 g/mol. The first kappa shape index (κ1) is 16.5. The Bertz CT molecular complexity index is 685. The molecule has 0 unspecified atom stereocenters. The number of furan rings is 1. The highest BCUT2D eigenvalue weighted by atomic mass is 16.3. The maximum absolute atomic E-state index is 12.6. The predicted molar refractivity (Wildman–Crippen MR) is 84.9 cm³/mol. The molecule has 0 saturated carbocycles. The molecule has 0 bridgehead atoms. The second-order valence-corrected chi connectivity index (χ2v) is 6.30. The van der Waals surface area contributed by atoms with Crippen LogP contribution in [0.15, 0.2) is 22.6 Å². The molecular formula is C17H23NO4. The van der Waals surface area contributed by atoms with Crippen LogP contribution in [0.5, 0.6) is 0 Å². The fourth-order valence-corrected chi connectivity index (χ4v) is 2.56. The lowest BCUT2D eigenvalue weighted by molar-refractivity contribution is 0.0352. The first-order valence-corrected chi connectivity index (χ1v) is 7.29. The Morgan fingerprint density at radius 3 is 2.45 bits per heavy atom. The van der Waals surface area contributed by atoms with E-state index in [0.29, 0.717) is 5.76 Å². The van der Waals surface area contributed by atoms with Gasteiger partial charge in [-0.3, -0.25) is 4.79 Å². The number of carbonyl (C=O) groups excluding carboxylic acids is 1. The summed E-state index contributed by atoms with van der Waals surface area (Å²) in [5, 5.41) is 19.7. The van der Waals surface area contributed by atoms with Gasteiger partial charge < -0.3 is 19.5 Å². The van der Waals surface area contributed by atoms with Gasteiger partial charge in [-0.25, -0.2) is 0 Å². The van der Waals surface area contributed by atoms with Gasteiger partial charge >= 0.3 is 0 Å². The van der Waals surface area contributed by atoms with Crippen LogP contribution in [0.4, 0.5) is 0 Å². The summed E-state index contributed by atoms with van der Waals surface area (Å²) in [7, 11) is 1.64. The van der Waals surface area contributed by atoms with E-state index in [4.69, 9.17) is 4.42 Å². The molecule has 0 spiro atoms. The van der Waals surface area contributed by atoms with Crippen LogP contribution in [-0.4, -0.2) is 47.8 Å². The zero-order valence-corrected chi connectivity index (χ0v) is 13.5. The van der Waals surface area contributed by atoms with E-state index >= 15 is 0 Å². The van der Waals surface area contributed by atoms with Gasteiger partial charge in [0.2, 0.25) is 0 Å². The minimum atomic E-state index is -0.736. The minimum absolute atomic E-state index is 0.195. The largest absolute Gasteiger partial charge is 0.450 e. The number of aryl methyl sites for hydroxylation is 2. The molecule has 2 aromatic rings. The van der Waals surface area contributed by atoms with E-state index in [1.807, 2.05) is 32.0 Å². The summed E-state index contributed by atoms with van der Waals surface area (Å²) in [6.07, 6.45) is 0. The molecule has 0 saturated heterocycles. The Morgan fingerprint density at radius 1 is 1.27 bits per heavy atom. The number of aliphatic hydroxyl groups is 2. The number of amides is 1. The smallest absolute Gasteiger partial charge is 0.289 e. The van der Waals surface area contributed by atoms with Crippen LogP contribution in [0.2, 0.25) is 0 Å². The van der Waals surface area contributed by atoms with Crippen molar-refractivity contribution in [3.8, 4) is 0 Å². The van der Waals surface area contributed by atoms with Crippen molar-refractivity contribution < 1.29 is 19.4 Å². The predicted octanol–water partition coefficient (Wildman–Crippen LogP) is 2.11. The third-order valence-corrected chi connectivity index (χ3v) is 4.08. The van der Waals surface area contributed by atoms with Gasteiger partial charge in [0, 0.05) is 30.0 Å². The van der Waals surface area contributed by atoms with Gasteiger partial charge in [0.05, 0.1) is 13.2 Å². The SMILES string of the molecule is Cc1c(C(=O)N(C)CC(C)(CO)CO)oc2c(C)cccc12. The number of rotatable bonds is 5. The van der Waals surface area contributed by atoms with Crippen LogP contribution >= 0.6 is 0 Å². The van der Waals surface area contributed by atoms with Crippen LogP contribution in [-0.2, 0) is 0 Å². The van der Waals surface area contributed by atoms with Crippen LogP contribution < -0.4 is 0 Å². The van der Waals surface area contributed by atoms with Crippen LogP contribution in [0.1, 0.15) is 28.6 Å². The first-order valence-electron chi connectivity index (χ1n) is 7.29. The van der Waals surface area contributed by atoms with Crippen molar-refractivity contribution in [3.63, 3.8) is 0 Å². The average molecular weight is 305 g/mol. The monoisotopic (exact) mass is 305 g/mol. The third-order valence-electron chi connectivity index (χ3n) is 4.08. The Balaban J connectivity index is 2.34.